The van der Waals surface area contributed by atoms with Crippen LogP contribution in [0.5, 0.6) is 0 Å². The molecule has 1 aliphatic rings. The Bertz CT molecular complexity index is 539. The fraction of sp³-hybridized carbons (Fsp3) is 0.579. The number of likely N-dealkylation sites (tertiary alicyclic amines) is 1. The molecule has 5 nitrogen and oxygen atoms in total. The van der Waals surface area contributed by atoms with E-state index in [2.05, 4.69) is 5.32 Å². The normalized spacial score (nSPS) is 17.7. The Labute approximate surface area is 144 Å². The van der Waals surface area contributed by atoms with E-state index in [0.29, 0.717) is 13.0 Å². The maximum Gasteiger partial charge on any atom is 0.256 e. The maximum atomic E-state index is 12.5. The van der Waals surface area contributed by atoms with Crippen molar-refractivity contribution in [1.82, 2.24) is 10.2 Å². The van der Waals surface area contributed by atoms with Crippen LogP contribution >= 0.6 is 0 Å². The van der Waals surface area contributed by atoms with E-state index in [9.17, 15) is 9.59 Å². The van der Waals surface area contributed by atoms with Crippen LogP contribution in [-0.4, -0.2) is 43.5 Å². The van der Waals surface area contributed by atoms with Gasteiger partial charge in [0.1, 0.15) is 0 Å². The first-order valence-electron chi connectivity index (χ1n) is 8.74. The monoisotopic (exact) mass is 332 g/mol. The summed E-state index contributed by atoms with van der Waals surface area (Å²) in [6.45, 7) is 3.76. The Kier molecular flexibility index (Phi) is 6.79. The highest BCUT2D eigenvalue weighted by molar-refractivity contribution is 5.86. The van der Waals surface area contributed by atoms with Crippen molar-refractivity contribution in [3.63, 3.8) is 0 Å². The van der Waals surface area contributed by atoms with Crippen molar-refractivity contribution in [2.24, 2.45) is 0 Å². The van der Waals surface area contributed by atoms with E-state index in [-0.39, 0.29) is 11.8 Å². The lowest BCUT2D eigenvalue weighted by atomic mass is 9.94. The van der Waals surface area contributed by atoms with E-state index in [4.69, 9.17) is 4.74 Å². The lowest BCUT2D eigenvalue weighted by Gasteiger charge is -2.27. The van der Waals surface area contributed by atoms with Gasteiger partial charge in [0, 0.05) is 33.2 Å². The molecular formula is C19H28N2O3. The summed E-state index contributed by atoms with van der Waals surface area (Å²) in [5.41, 5.74) is -0.253. The molecule has 5 heteroatoms. The van der Waals surface area contributed by atoms with Crippen LogP contribution in [-0.2, 0) is 19.9 Å². The number of nitrogens with zero attached hydrogens (tertiary/aromatic N) is 1. The van der Waals surface area contributed by atoms with Gasteiger partial charge in [-0.1, -0.05) is 43.2 Å². The number of methoxy groups -OCH3 is 1. The molecule has 1 atom stereocenters. The molecule has 1 fully saturated rings. The van der Waals surface area contributed by atoms with Crippen LogP contribution in [0.1, 0.15) is 44.6 Å². The topological polar surface area (TPSA) is 58.6 Å². The fourth-order valence-corrected chi connectivity index (χ4v) is 3.03. The first kappa shape index (κ1) is 18.5. The van der Waals surface area contributed by atoms with Crippen LogP contribution < -0.4 is 5.32 Å². The summed E-state index contributed by atoms with van der Waals surface area (Å²) in [6, 6.07) is 9.39. The van der Waals surface area contributed by atoms with Gasteiger partial charge in [-0.2, -0.15) is 0 Å². The lowest BCUT2D eigenvalue weighted by molar-refractivity contribution is -0.142. The number of ether oxygens (including phenoxy) is 1. The zero-order chi connectivity index (χ0) is 17.4. The van der Waals surface area contributed by atoms with Crippen molar-refractivity contribution < 1.29 is 14.3 Å². The summed E-state index contributed by atoms with van der Waals surface area (Å²) in [4.78, 5) is 26.7. The third-order valence-corrected chi connectivity index (χ3v) is 4.75. The molecule has 1 saturated heterocycles. The van der Waals surface area contributed by atoms with Gasteiger partial charge in [0.25, 0.3) is 5.91 Å². The molecule has 24 heavy (non-hydrogen) atoms. The molecule has 1 aromatic rings. The Morgan fingerprint density at radius 2 is 1.75 bits per heavy atom. The molecule has 0 unspecified atom stereocenters. The van der Waals surface area contributed by atoms with Gasteiger partial charge in [0.2, 0.25) is 5.91 Å². The highest BCUT2D eigenvalue weighted by Crippen LogP contribution is 2.24. The molecule has 0 aromatic heterocycles. The van der Waals surface area contributed by atoms with E-state index in [1.54, 1.807) is 6.92 Å². The number of rotatable bonds is 6. The summed E-state index contributed by atoms with van der Waals surface area (Å²) in [7, 11) is 1.52. The number of nitrogens with one attached hydrogen (secondary N) is 1. The third-order valence-electron chi connectivity index (χ3n) is 4.75. The van der Waals surface area contributed by atoms with Crippen LogP contribution in [0.25, 0.3) is 0 Å². The summed E-state index contributed by atoms with van der Waals surface area (Å²) < 4.78 is 5.47. The van der Waals surface area contributed by atoms with Crippen LogP contribution in [0.3, 0.4) is 0 Å². The maximum absolute atomic E-state index is 12.5. The van der Waals surface area contributed by atoms with Crippen LogP contribution in [0, 0.1) is 0 Å². The molecule has 0 aliphatic carbocycles. The number of hydrogen-bond donors (Lipinski definition) is 1. The van der Waals surface area contributed by atoms with Crippen molar-refractivity contribution in [3.8, 4) is 0 Å². The molecule has 1 aliphatic heterocycles. The van der Waals surface area contributed by atoms with Crippen molar-refractivity contribution in [1.29, 1.82) is 0 Å². The van der Waals surface area contributed by atoms with E-state index >= 15 is 0 Å². The molecule has 2 rings (SSSR count). The van der Waals surface area contributed by atoms with E-state index in [0.717, 1.165) is 31.5 Å². The van der Waals surface area contributed by atoms with Crippen LogP contribution in [0.2, 0.25) is 0 Å². The molecule has 132 valence electrons. The minimum Gasteiger partial charge on any atom is -0.364 e. The molecule has 0 radical (unpaired) electrons. The molecule has 1 heterocycles. The van der Waals surface area contributed by atoms with Crippen molar-refractivity contribution in [2.45, 2.75) is 44.6 Å². The summed E-state index contributed by atoms with van der Waals surface area (Å²) in [6.07, 6.45) is 4.88. The predicted molar refractivity (Wildman–Crippen MR) is 93.5 cm³/mol. The van der Waals surface area contributed by atoms with Crippen molar-refractivity contribution >= 4 is 11.8 Å². The van der Waals surface area contributed by atoms with E-state index < -0.39 is 5.60 Å². The highest BCUT2D eigenvalue weighted by atomic mass is 16.5. The smallest absolute Gasteiger partial charge is 0.256 e. The number of hydrogen-bond acceptors (Lipinski definition) is 3. The average Bonchev–Trinajstić information content (AvgIpc) is 2.91. The van der Waals surface area contributed by atoms with Gasteiger partial charge in [-0.15, -0.1) is 0 Å². The molecule has 0 bridgehead atoms. The van der Waals surface area contributed by atoms with Crippen molar-refractivity contribution in [3.05, 3.63) is 35.9 Å². The second kappa shape index (κ2) is 8.83. The zero-order valence-electron chi connectivity index (χ0n) is 14.7. The van der Waals surface area contributed by atoms with Gasteiger partial charge in [-0.3, -0.25) is 9.59 Å². The van der Waals surface area contributed by atoms with Crippen LogP contribution in [0.15, 0.2) is 30.3 Å². The first-order valence-corrected chi connectivity index (χ1v) is 8.74. The quantitative estimate of drug-likeness (QED) is 0.870. The standard InChI is InChI=1S/C19H28N2O3/c1-19(24-2,16-10-6-5-7-11-16)18(23)20-13-12-17(22)21-14-8-3-4-9-15-21/h5-7,10-11H,3-4,8-9,12-15H2,1-2H3,(H,20,23)/t19-/m0/s1. The minimum absolute atomic E-state index is 0.121. The number of carbonyl (C=O) groups is 2. The Morgan fingerprint density at radius 3 is 2.33 bits per heavy atom. The number of benzene rings is 1. The molecule has 0 spiro atoms. The summed E-state index contributed by atoms with van der Waals surface area (Å²) in [5, 5.41) is 2.85. The van der Waals surface area contributed by atoms with Gasteiger partial charge in [-0.05, 0) is 25.3 Å². The highest BCUT2D eigenvalue weighted by Gasteiger charge is 2.34. The summed E-state index contributed by atoms with van der Waals surface area (Å²) in [5.74, 6) is -0.101. The van der Waals surface area contributed by atoms with Gasteiger partial charge >= 0.3 is 0 Å². The Hall–Kier alpha value is -1.88. The van der Waals surface area contributed by atoms with Gasteiger partial charge < -0.3 is 15.0 Å². The largest absolute Gasteiger partial charge is 0.364 e. The third kappa shape index (κ3) is 4.57. The predicted octanol–water partition coefficient (Wildman–Crippen LogP) is 2.46. The van der Waals surface area contributed by atoms with Gasteiger partial charge in [0.15, 0.2) is 5.60 Å². The van der Waals surface area contributed by atoms with E-state index in [1.807, 2.05) is 35.2 Å². The van der Waals surface area contributed by atoms with Gasteiger partial charge in [0.05, 0.1) is 0 Å². The summed E-state index contributed by atoms with van der Waals surface area (Å²) >= 11 is 0. The Balaban J connectivity index is 1.86. The molecule has 1 N–H and O–H groups in total. The minimum atomic E-state index is -1.05. The average molecular weight is 332 g/mol. The number of carbonyl (C=O) groups excluding carboxylic acids is 2. The molecule has 2 amide bonds. The van der Waals surface area contributed by atoms with Crippen LogP contribution in [0.4, 0.5) is 0 Å². The molecular weight excluding hydrogens is 304 g/mol. The lowest BCUT2D eigenvalue weighted by Crippen LogP contribution is -2.45. The number of amides is 2. The van der Waals surface area contributed by atoms with E-state index in [1.165, 1.54) is 20.0 Å². The molecule has 0 saturated carbocycles. The second-order valence-corrected chi connectivity index (χ2v) is 6.40. The Morgan fingerprint density at radius 1 is 1.12 bits per heavy atom. The van der Waals surface area contributed by atoms with Crippen molar-refractivity contribution in [2.75, 3.05) is 26.7 Å². The zero-order valence-corrected chi connectivity index (χ0v) is 14.7. The SMILES string of the molecule is CO[C@](C)(C(=O)NCCC(=O)N1CCCCCC1)c1ccccc1. The van der Waals surface area contributed by atoms with Gasteiger partial charge in [-0.25, -0.2) is 0 Å². The first-order chi connectivity index (χ1) is 11.6. The fourth-order valence-electron chi connectivity index (χ4n) is 3.03. The second-order valence-electron chi connectivity index (χ2n) is 6.40. The molecule has 1 aromatic carbocycles.